The summed E-state index contributed by atoms with van der Waals surface area (Å²) in [7, 11) is 0. The van der Waals surface area contributed by atoms with Gasteiger partial charge in [0, 0.05) is 36.7 Å². The van der Waals surface area contributed by atoms with Crippen LogP contribution in [0.5, 0.6) is 0 Å². The van der Waals surface area contributed by atoms with E-state index in [0.717, 1.165) is 42.7 Å². The first-order valence-corrected chi connectivity index (χ1v) is 8.42. The highest BCUT2D eigenvalue weighted by Crippen LogP contribution is 2.26. The summed E-state index contributed by atoms with van der Waals surface area (Å²) in [6, 6.07) is 11.7. The fraction of sp³-hybridized carbons (Fsp3) is 0.316. The van der Waals surface area contributed by atoms with E-state index in [9.17, 15) is 0 Å². The molecule has 4 rings (SSSR count). The third-order valence-electron chi connectivity index (χ3n) is 4.26. The Bertz CT molecular complexity index is 814. The predicted molar refractivity (Wildman–Crippen MR) is 91.6 cm³/mol. The standard InChI is InChI=1S/C19H19N3O3/c1-2-4-17(15(3-1)13-24-16-7-11-23-12-8-16)19-21-18(22-25-19)14-5-9-20-10-6-14/h1-6,9-10,16H,7-8,11-13H2. The molecule has 1 aromatic carbocycles. The van der Waals surface area contributed by atoms with Gasteiger partial charge in [-0.25, -0.2) is 0 Å². The van der Waals surface area contributed by atoms with Crippen LogP contribution in [-0.4, -0.2) is 34.4 Å². The van der Waals surface area contributed by atoms with Gasteiger partial charge in [0.2, 0.25) is 5.82 Å². The Morgan fingerprint density at radius 2 is 1.84 bits per heavy atom. The number of hydrogen-bond acceptors (Lipinski definition) is 6. The molecule has 25 heavy (non-hydrogen) atoms. The molecule has 1 aliphatic rings. The van der Waals surface area contributed by atoms with Crippen LogP contribution >= 0.6 is 0 Å². The van der Waals surface area contributed by atoms with E-state index in [4.69, 9.17) is 14.0 Å². The molecule has 0 saturated carbocycles. The van der Waals surface area contributed by atoms with Crippen LogP contribution < -0.4 is 0 Å². The SMILES string of the molecule is c1ccc(-c2nc(-c3ccncc3)no2)c(COC2CCOCC2)c1. The highest BCUT2D eigenvalue weighted by Gasteiger charge is 2.17. The summed E-state index contributed by atoms with van der Waals surface area (Å²) in [5.74, 6) is 1.05. The maximum atomic E-state index is 6.04. The van der Waals surface area contributed by atoms with E-state index in [1.54, 1.807) is 12.4 Å². The van der Waals surface area contributed by atoms with Gasteiger partial charge in [-0.2, -0.15) is 4.98 Å². The van der Waals surface area contributed by atoms with Gasteiger partial charge in [-0.3, -0.25) is 4.98 Å². The smallest absolute Gasteiger partial charge is 0.258 e. The topological polar surface area (TPSA) is 70.3 Å². The van der Waals surface area contributed by atoms with Crippen molar-refractivity contribution in [1.82, 2.24) is 15.1 Å². The van der Waals surface area contributed by atoms with Gasteiger partial charge >= 0.3 is 0 Å². The molecular formula is C19H19N3O3. The summed E-state index contributed by atoms with van der Waals surface area (Å²) in [5.41, 5.74) is 2.82. The molecular weight excluding hydrogens is 318 g/mol. The molecule has 0 atom stereocenters. The van der Waals surface area contributed by atoms with Gasteiger partial charge in [-0.1, -0.05) is 23.4 Å². The lowest BCUT2D eigenvalue weighted by Gasteiger charge is -2.22. The zero-order chi connectivity index (χ0) is 16.9. The molecule has 0 aliphatic carbocycles. The van der Waals surface area contributed by atoms with Crippen molar-refractivity contribution >= 4 is 0 Å². The van der Waals surface area contributed by atoms with E-state index in [-0.39, 0.29) is 6.10 Å². The van der Waals surface area contributed by atoms with E-state index in [0.29, 0.717) is 18.3 Å². The molecule has 3 aromatic rings. The largest absolute Gasteiger partial charge is 0.381 e. The molecule has 6 heteroatoms. The number of pyridine rings is 1. The Hall–Kier alpha value is -2.57. The Morgan fingerprint density at radius 3 is 2.68 bits per heavy atom. The zero-order valence-corrected chi connectivity index (χ0v) is 13.8. The quantitative estimate of drug-likeness (QED) is 0.710. The van der Waals surface area contributed by atoms with Gasteiger partial charge in [-0.05, 0) is 36.6 Å². The van der Waals surface area contributed by atoms with Crippen molar-refractivity contribution in [3.63, 3.8) is 0 Å². The van der Waals surface area contributed by atoms with E-state index in [1.807, 2.05) is 36.4 Å². The molecule has 2 aromatic heterocycles. The number of aromatic nitrogens is 3. The van der Waals surface area contributed by atoms with Crippen molar-refractivity contribution in [2.45, 2.75) is 25.6 Å². The molecule has 128 valence electrons. The summed E-state index contributed by atoms with van der Waals surface area (Å²) in [6.45, 7) is 2.06. The number of benzene rings is 1. The van der Waals surface area contributed by atoms with Crippen molar-refractivity contribution < 1.29 is 14.0 Å². The summed E-state index contributed by atoms with van der Waals surface area (Å²) < 4.78 is 16.9. The number of ether oxygens (including phenoxy) is 2. The van der Waals surface area contributed by atoms with Crippen molar-refractivity contribution in [3.05, 3.63) is 54.4 Å². The number of nitrogens with zero attached hydrogens (tertiary/aromatic N) is 3. The van der Waals surface area contributed by atoms with Crippen molar-refractivity contribution in [2.24, 2.45) is 0 Å². The van der Waals surface area contributed by atoms with E-state index in [1.165, 1.54) is 0 Å². The highest BCUT2D eigenvalue weighted by atomic mass is 16.5. The maximum absolute atomic E-state index is 6.04. The predicted octanol–water partition coefficient (Wildman–Crippen LogP) is 3.49. The van der Waals surface area contributed by atoms with Crippen LogP contribution in [0.1, 0.15) is 18.4 Å². The highest BCUT2D eigenvalue weighted by molar-refractivity contribution is 5.62. The molecule has 0 unspecified atom stereocenters. The Kier molecular flexibility index (Phi) is 4.81. The number of rotatable bonds is 5. The third kappa shape index (κ3) is 3.75. The summed E-state index contributed by atoms with van der Waals surface area (Å²) >= 11 is 0. The first kappa shape index (κ1) is 15.9. The molecule has 1 fully saturated rings. The molecule has 0 amide bonds. The van der Waals surface area contributed by atoms with Crippen molar-refractivity contribution in [2.75, 3.05) is 13.2 Å². The van der Waals surface area contributed by atoms with Gasteiger partial charge in [0.1, 0.15) is 0 Å². The van der Waals surface area contributed by atoms with Crippen LogP contribution in [0.4, 0.5) is 0 Å². The van der Waals surface area contributed by atoms with Gasteiger partial charge in [-0.15, -0.1) is 0 Å². The maximum Gasteiger partial charge on any atom is 0.258 e. The van der Waals surface area contributed by atoms with Crippen LogP contribution in [0.25, 0.3) is 22.8 Å². The minimum atomic E-state index is 0.247. The second-order valence-corrected chi connectivity index (χ2v) is 5.94. The van der Waals surface area contributed by atoms with Gasteiger partial charge in [0.05, 0.1) is 12.7 Å². The molecule has 6 nitrogen and oxygen atoms in total. The fourth-order valence-corrected chi connectivity index (χ4v) is 2.86. The average molecular weight is 337 g/mol. The van der Waals surface area contributed by atoms with Gasteiger partial charge in [0.15, 0.2) is 0 Å². The first-order valence-electron chi connectivity index (χ1n) is 8.42. The second kappa shape index (κ2) is 7.55. The van der Waals surface area contributed by atoms with Crippen LogP contribution in [0.15, 0.2) is 53.3 Å². The monoisotopic (exact) mass is 337 g/mol. The summed E-state index contributed by atoms with van der Waals surface area (Å²) in [6.07, 6.45) is 5.54. The lowest BCUT2D eigenvalue weighted by atomic mass is 10.1. The molecule has 0 spiro atoms. The average Bonchev–Trinajstić information content (AvgIpc) is 3.18. The van der Waals surface area contributed by atoms with Crippen LogP contribution in [0, 0.1) is 0 Å². The molecule has 0 radical (unpaired) electrons. The Balaban J connectivity index is 1.53. The lowest BCUT2D eigenvalue weighted by molar-refractivity contribution is -0.0389. The van der Waals surface area contributed by atoms with Gasteiger partial charge in [0.25, 0.3) is 5.89 Å². The minimum Gasteiger partial charge on any atom is -0.381 e. The normalized spacial score (nSPS) is 15.4. The second-order valence-electron chi connectivity index (χ2n) is 5.94. The first-order chi connectivity index (χ1) is 12.4. The molecule has 3 heterocycles. The van der Waals surface area contributed by atoms with Crippen molar-refractivity contribution in [1.29, 1.82) is 0 Å². The minimum absolute atomic E-state index is 0.247. The van der Waals surface area contributed by atoms with Crippen molar-refractivity contribution in [3.8, 4) is 22.8 Å². The fourth-order valence-electron chi connectivity index (χ4n) is 2.86. The summed E-state index contributed by atoms with van der Waals surface area (Å²) in [5, 5.41) is 4.08. The zero-order valence-electron chi connectivity index (χ0n) is 13.8. The Morgan fingerprint density at radius 1 is 1.04 bits per heavy atom. The van der Waals surface area contributed by atoms with Gasteiger partial charge < -0.3 is 14.0 Å². The Labute approximate surface area is 145 Å². The van der Waals surface area contributed by atoms with E-state index >= 15 is 0 Å². The summed E-state index contributed by atoms with van der Waals surface area (Å²) in [4.78, 5) is 8.53. The van der Waals surface area contributed by atoms with E-state index < -0.39 is 0 Å². The lowest BCUT2D eigenvalue weighted by Crippen LogP contribution is -2.23. The molecule has 0 N–H and O–H groups in total. The van der Waals surface area contributed by atoms with E-state index in [2.05, 4.69) is 15.1 Å². The number of hydrogen-bond donors (Lipinski definition) is 0. The molecule has 1 saturated heterocycles. The third-order valence-corrected chi connectivity index (χ3v) is 4.26. The van der Waals surface area contributed by atoms with Crippen LogP contribution in [0.3, 0.4) is 0 Å². The molecule has 1 aliphatic heterocycles. The van der Waals surface area contributed by atoms with Crippen LogP contribution in [0.2, 0.25) is 0 Å². The molecule has 0 bridgehead atoms. The van der Waals surface area contributed by atoms with Crippen LogP contribution in [-0.2, 0) is 16.1 Å².